The summed E-state index contributed by atoms with van der Waals surface area (Å²) in [5, 5.41) is 3.23. The summed E-state index contributed by atoms with van der Waals surface area (Å²) in [4.78, 5) is 3.29. The molecule has 20 heavy (non-hydrogen) atoms. The molecule has 1 aromatic heterocycles. The van der Waals surface area contributed by atoms with Crippen molar-refractivity contribution in [3.05, 3.63) is 18.0 Å². The van der Waals surface area contributed by atoms with E-state index in [9.17, 15) is 8.42 Å². The van der Waals surface area contributed by atoms with Crippen LogP contribution in [0.15, 0.2) is 17.2 Å². The Kier molecular flexibility index (Phi) is 5.79. The number of aromatic nitrogens is 1. The van der Waals surface area contributed by atoms with E-state index < -0.39 is 10.0 Å². The molecule has 0 aliphatic carbocycles. The topological polar surface area (TPSA) is 74.0 Å². The largest absolute Gasteiger partial charge is 0.363 e. The third kappa shape index (κ3) is 4.92. The van der Waals surface area contributed by atoms with Gasteiger partial charge in [0, 0.05) is 24.5 Å². The van der Waals surface area contributed by atoms with Crippen LogP contribution in [0.2, 0.25) is 0 Å². The summed E-state index contributed by atoms with van der Waals surface area (Å²) in [5.74, 6) is 0. The summed E-state index contributed by atoms with van der Waals surface area (Å²) in [7, 11) is -3.46. The van der Waals surface area contributed by atoms with E-state index >= 15 is 0 Å². The van der Waals surface area contributed by atoms with Gasteiger partial charge in [-0.3, -0.25) is 0 Å². The molecule has 0 amide bonds. The molecule has 1 unspecified atom stereocenters. The normalized spacial score (nSPS) is 14.4. The van der Waals surface area contributed by atoms with Crippen LogP contribution in [0, 0.1) is 5.41 Å². The molecular weight excluding hydrogens is 274 g/mol. The van der Waals surface area contributed by atoms with Gasteiger partial charge < -0.3 is 10.3 Å². The first kappa shape index (κ1) is 17.2. The van der Waals surface area contributed by atoms with Crippen molar-refractivity contribution >= 4 is 10.0 Å². The molecule has 0 spiro atoms. The molecule has 1 heterocycles. The lowest BCUT2D eigenvalue weighted by molar-refractivity contribution is 0.317. The molecular formula is C14H27N3O2S. The molecule has 0 radical (unpaired) electrons. The molecule has 0 aromatic carbocycles. The highest BCUT2D eigenvalue weighted by Gasteiger charge is 2.26. The Balaban J connectivity index is 2.73. The molecule has 0 aliphatic rings. The Morgan fingerprint density at radius 1 is 1.35 bits per heavy atom. The van der Waals surface area contributed by atoms with Crippen molar-refractivity contribution in [2.75, 3.05) is 6.54 Å². The van der Waals surface area contributed by atoms with Gasteiger partial charge in [0.15, 0.2) is 0 Å². The van der Waals surface area contributed by atoms with Gasteiger partial charge >= 0.3 is 0 Å². The highest BCUT2D eigenvalue weighted by Crippen LogP contribution is 2.21. The molecule has 1 atom stereocenters. The van der Waals surface area contributed by atoms with Gasteiger partial charge in [0.25, 0.3) is 0 Å². The van der Waals surface area contributed by atoms with Gasteiger partial charge in [-0.25, -0.2) is 13.1 Å². The minimum absolute atomic E-state index is 0.116. The van der Waals surface area contributed by atoms with Crippen LogP contribution in [-0.2, 0) is 16.6 Å². The molecule has 0 bridgehead atoms. The van der Waals surface area contributed by atoms with Gasteiger partial charge in [-0.15, -0.1) is 0 Å². The fourth-order valence-electron chi connectivity index (χ4n) is 1.55. The lowest BCUT2D eigenvalue weighted by Crippen LogP contribution is -2.41. The smallest absolute Gasteiger partial charge is 0.242 e. The predicted molar refractivity (Wildman–Crippen MR) is 82.0 cm³/mol. The Labute approximate surface area is 122 Å². The van der Waals surface area contributed by atoms with E-state index in [0.29, 0.717) is 11.4 Å². The standard InChI is InChI=1S/C14H27N3O2S/c1-6-7-15-9-12-8-13(10-16-12)20(18,19)17-11(2)14(3,4)5/h8,10-11,15-17H,6-7,9H2,1-5H3. The maximum atomic E-state index is 12.3. The van der Waals surface area contributed by atoms with Gasteiger partial charge in [0.1, 0.15) is 0 Å². The van der Waals surface area contributed by atoms with Gasteiger partial charge in [0.2, 0.25) is 10.0 Å². The average molecular weight is 301 g/mol. The van der Waals surface area contributed by atoms with Gasteiger partial charge in [-0.05, 0) is 31.4 Å². The van der Waals surface area contributed by atoms with E-state index in [1.54, 1.807) is 12.3 Å². The molecule has 1 aromatic rings. The third-order valence-electron chi connectivity index (χ3n) is 3.40. The number of H-pyrrole nitrogens is 1. The summed E-state index contributed by atoms with van der Waals surface area (Å²) in [6.07, 6.45) is 2.59. The van der Waals surface area contributed by atoms with E-state index in [4.69, 9.17) is 0 Å². The second-order valence-electron chi connectivity index (χ2n) is 6.25. The number of nitrogens with one attached hydrogen (secondary N) is 3. The van der Waals surface area contributed by atoms with Crippen LogP contribution in [0.1, 0.15) is 46.7 Å². The number of hydrogen-bond donors (Lipinski definition) is 3. The van der Waals surface area contributed by atoms with Crippen LogP contribution in [0.5, 0.6) is 0 Å². The Bertz CT molecular complexity index is 515. The summed E-state index contributed by atoms with van der Waals surface area (Å²) in [6, 6.07) is 1.55. The maximum absolute atomic E-state index is 12.3. The van der Waals surface area contributed by atoms with E-state index in [1.165, 1.54) is 0 Å². The first-order chi connectivity index (χ1) is 9.16. The van der Waals surface area contributed by atoms with Crippen LogP contribution in [0.4, 0.5) is 0 Å². The molecule has 6 heteroatoms. The Morgan fingerprint density at radius 3 is 2.55 bits per heavy atom. The van der Waals surface area contributed by atoms with E-state index in [0.717, 1.165) is 18.7 Å². The van der Waals surface area contributed by atoms with Crippen LogP contribution in [0.25, 0.3) is 0 Å². The van der Waals surface area contributed by atoms with Gasteiger partial charge in [0.05, 0.1) is 4.90 Å². The van der Waals surface area contributed by atoms with Crippen LogP contribution >= 0.6 is 0 Å². The molecule has 1 rings (SSSR count). The number of rotatable bonds is 7. The molecule has 0 saturated carbocycles. The third-order valence-corrected chi connectivity index (χ3v) is 4.92. The van der Waals surface area contributed by atoms with Crippen LogP contribution in [-0.4, -0.2) is 26.0 Å². The number of hydrogen-bond acceptors (Lipinski definition) is 3. The summed E-state index contributed by atoms with van der Waals surface area (Å²) in [5.41, 5.74) is 0.761. The van der Waals surface area contributed by atoms with E-state index in [-0.39, 0.29) is 11.5 Å². The van der Waals surface area contributed by atoms with Crippen molar-refractivity contribution in [1.29, 1.82) is 0 Å². The van der Waals surface area contributed by atoms with Crippen molar-refractivity contribution in [3.8, 4) is 0 Å². The Morgan fingerprint density at radius 2 is 2.00 bits per heavy atom. The number of sulfonamides is 1. The highest BCUT2D eigenvalue weighted by atomic mass is 32.2. The van der Waals surface area contributed by atoms with Crippen molar-refractivity contribution < 1.29 is 8.42 Å². The molecule has 0 aliphatic heterocycles. The fourth-order valence-corrected chi connectivity index (χ4v) is 3.02. The zero-order valence-electron chi connectivity index (χ0n) is 13.1. The van der Waals surface area contributed by atoms with Crippen molar-refractivity contribution in [3.63, 3.8) is 0 Å². The molecule has 5 nitrogen and oxygen atoms in total. The second kappa shape index (κ2) is 6.74. The Hall–Kier alpha value is -0.850. The maximum Gasteiger partial charge on any atom is 0.242 e. The quantitative estimate of drug-likeness (QED) is 0.676. The van der Waals surface area contributed by atoms with Crippen LogP contribution < -0.4 is 10.0 Å². The minimum atomic E-state index is -3.46. The van der Waals surface area contributed by atoms with Gasteiger partial charge in [-0.2, -0.15) is 0 Å². The minimum Gasteiger partial charge on any atom is -0.363 e. The first-order valence-electron chi connectivity index (χ1n) is 7.07. The average Bonchev–Trinajstić information content (AvgIpc) is 2.77. The highest BCUT2D eigenvalue weighted by molar-refractivity contribution is 7.89. The SMILES string of the molecule is CCCNCc1cc(S(=O)(=O)NC(C)C(C)(C)C)c[nH]1. The van der Waals surface area contributed by atoms with Crippen molar-refractivity contribution in [1.82, 2.24) is 15.0 Å². The lowest BCUT2D eigenvalue weighted by atomic mass is 9.89. The van der Waals surface area contributed by atoms with Crippen molar-refractivity contribution in [2.24, 2.45) is 5.41 Å². The molecule has 3 N–H and O–H groups in total. The lowest BCUT2D eigenvalue weighted by Gasteiger charge is -2.27. The van der Waals surface area contributed by atoms with E-state index in [1.807, 2.05) is 27.7 Å². The van der Waals surface area contributed by atoms with Crippen molar-refractivity contribution in [2.45, 2.75) is 58.5 Å². The number of aromatic amines is 1. The molecule has 116 valence electrons. The zero-order chi connectivity index (χ0) is 15.4. The summed E-state index contributed by atoms with van der Waals surface area (Å²) >= 11 is 0. The predicted octanol–water partition coefficient (Wildman–Crippen LogP) is 2.23. The fraction of sp³-hybridized carbons (Fsp3) is 0.714. The summed E-state index contributed by atoms with van der Waals surface area (Å²) < 4.78 is 27.3. The monoisotopic (exact) mass is 301 g/mol. The van der Waals surface area contributed by atoms with E-state index in [2.05, 4.69) is 21.9 Å². The summed E-state index contributed by atoms with van der Waals surface area (Å²) in [6.45, 7) is 11.6. The van der Waals surface area contributed by atoms with Gasteiger partial charge in [-0.1, -0.05) is 27.7 Å². The first-order valence-corrected chi connectivity index (χ1v) is 8.55. The van der Waals surface area contributed by atoms with Crippen LogP contribution in [0.3, 0.4) is 0 Å². The second-order valence-corrected chi connectivity index (χ2v) is 7.96. The molecule has 0 saturated heterocycles. The zero-order valence-corrected chi connectivity index (χ0v) is 13.9. The molecule has 0 fully saturated rings.